The molecule has 0 saturated heterocycles. The second-order valence-corrected chi connectivity index (χ2v) is 11.5. The maximum atomic E-state index is 10.3. The Morgan fingerprint density at radius 2 is 1.76 bits per heavy atom. The predicted octanol–water partition coefficient (Wildman–Crippen LogP) is 6.12. The Bertz CT molecular complexity index is 701. The summed E-state index contributed by atoms with van der Waals surface area (Å²) in [5.74, 6) is 0. The lowest BCUT2D eigenvalue weighted by atomic mass is 9.73. The van der Waals surface area contributed by atoms with Crippen molar-refractivity contribution < 1.29 is 0 Å². The Balaban J connectivity index is 2.13. The van der Waals surface area contributed by atoms with Gasteiger partial charge in [-0.2, -0.15) is 10.5 Å². The number of hydrogen-bond acceptors (Lipinski definition) is 4. The van der Waals surface area contributed by atoms with E-state index in [0.717, 1.165) is 37.9 Å². The van der Waals surface area contributed by atoms with Crippen LogP contribution in [-0.2, 0) is 0 Å². The maximum absolute atomic E-state index is 10.3. The molecule has 0 amide bonds. The van der Waals surface area contributed by atoms with Gasteiger partial charge in [0, 0.05) is 30.8 Å². The molecule has 0 aromatic rings. The molecule has 3 aliphatic rings. The van der Waals surface area contributed by atoms with Crippen molar-refractivity contribution in [2.24, 2.45) is 5.41 Å². The van der Waals surface area contributed by atoms with Gasteiger partial charge in [-0.15, -0.1) is 0 Å². The standard InChI is InChI=1S/C20H28N3PS/c1-5-16-17(23(6-2)7-3)20(14-22)15(13-21)18(25-24(16)20)19(4)11-9-8-10-12-19/h5-12H2,1-4H3. The van der Waals surface area contributed by atoms with Crippen LogP contribution in [0.25, 0.3) is 0 Å². The zero-order valence-corrected chi connectivity index (χ0v) is 17.6. The molecule has 1 fully saturated rings. The summed E-state index contributed by atoms with van der Waals surface area (Å²) in [5.41, 5.74) is 2.08. The quantitative estimate of drug-likeness (QED) is 0.545. The van der Waals surface area contributed by atoms with Gasteiger partial charge in [0.05, 0.1) is 17.7 Å². The molecule has 3 rings (SSSR count). The molecule has 2 heterocycles. The van der Waals surface area contributed by atoms with Crippen LogP contribution in [0.2, 0.25) is 0 Å². The van der Waals surface area contributed by atoms with Crippen molar-refractivity contribution in [2.75, 3.05) is 13.1 Å². The van der Waals surface area contributed by atoms with Crippen molar-refractivity contribution in [3.8, 4) is 12.1 Å². The summed E-state index contributed by atoms with van der Waals surface area (Å²) in [6.07, 6.45) is 7.11. The molecular formula is C20H28N3PS. The van der Waals surface area contributed by atoms with E-state index in [2.05, 4.69) is 44.7 Å². The second-order valence-electron chi connectivity index (χ2n) is 7.47. The number of nitrogens with zero attached hydrogens (tertiary/aromatic N) is 3. The van der Waals surface area contributed by atoms with Crippen molar-refractivity contribution >= 4 is 18.5 Å². The number of fused-ring (bicyclic) bond motifs is 1. The summed E-state index contributed by atoms with van der Waals surface area (Å²) in [6.45, 7) is 10.6. The molecule has 0 bridgehead atoms. The van der Waals surface area contributed by atoms with Crippen molar-refractivity contribution in [3.05, 3.63) is 21.5 Å². The summed E-state index contributed by atoms with van der Waals surface area (Å²) in [7, 11) is -0.621. The Hall–Kier alpha value is -0.960. The van der Waals surface area contributed by atoms with E-state index in [1.807, 2.05) is 11.4 Å². The summed E-state index contributed by atoms with van der Waals surface area (Å²) < 4.78 is 0. The molecule has 25 heavy (non-hydrogen) atoms. The molecule has 2 atom stereocenters. The van der Waals surface area contributed by atoms with Gasteiger partial charge in [0.2, 0.25) is 0 Å². The molecule has 0 aromatic carbocycles. The fourth-order valence-electron chi connectivity index (χ4n) is 4.71. The minimum absolute atomic E-state index is 0.102. The van der Waals surface area contributed by atoms with Crippen LogP contribution in [0.1, 0.15) is 66.2 Å². The average molecular weight is 374 g/mol. The van der Waals surface area contributed by atoms with Crippen LogP contribution in [0, 0.1) is 28.1 Å². The van der Waals surface area contributed by atoms with Gasteiger partial charge in [0.15, 0.2) is 5.16 Å². The van der Waals surface area contributed by atoms with Gasteiger partial charge in [-0.3, -0.25) is 0 Å². The molecule has 3 nitrogen and oxygen atoms in total. The highest BCUT2D eigenvalue weighted by Crippen LogP contribution is 2.86. The smallest absolute Gasteiger partial charge is 0.165 e. The van der Waals surface area contributed by atoms with E-state index >= 15 is 0 Å². The zero-order chi connectivity index (χ0) is 18.2. The lowest BCUT2D eigenvalue weighted by molar-refractivity contribution is 0.278. The van der Waals surface area contributed by atoms with Crippen molar-refractivity contribution in [2.45, 2.75) is 71.4 Å². The molecule has 0 aromatic heterocycles. The van der Waals surface area contributed by atoms with E-state index < -0.39 is 12.3 Å². The lowest BCUT2D eigenvalue weighted by Crippen LogP contribution is -2.45. The van der Waals surface area contributed by atoms with Crippen LogP contribution in [0.15, 0.2) is 21.5 Å². The Labute approximate surface area is 157 Å². The van der Waals surface area contributed by atoms with Crippen molar-refractivity contribution in [3.63, 3.8) is 0 Å². The highest BCUT2D eigenvalue weighted by molar-refractivity contribution is 8.60. The van der Waals surface area contributed by atoms with Crippen LogP contribution in [0.4, 0.5) is 0 Å². The van der Waals surface area contributed by atoms with Crippen LogP contribution >= 0.6 is 18.5 Å². The first kappa shape index (κ1) is 18.8. The minimum atomic E-state index is -0.637. The Kier molecular flexibility index (Phi) is 5.26. The van der Waals surface area contributed by atoms with Crippen LogP contribution in [0.3, 0.4) is 0 Å². The molecule has 134 valence electrons. The van der Waals surface area contributed by atoms with Gasteiger partial charge in [-0.1, -0.05) is 44.5 Å². The molecular weight excluding hydrogens is 345 g/mol. The molecule has 0 spiro atoms. The third-order valence-corrected chi connectivity index (χ3v) is 11.9. The van der Waals surface area contributed by atoms with Crippen LogP contribution in [-0.4, -0.2) is 23.1 Å². The predicted molar refractivity (Wildman–Crippen MR) is 107 cm³/mol. The van der Waals surface area contributed by atoms with Crippen LogP contribution < -0.4 is 0 Å². The van der Waals surface area contributed by atoms with E-state index in [1.54, 1.807) is 0 Å². The molecule has 1 aliphatic carbocycles. The van der Waals surface area contributed by atoms with Gasteiger partial charge in [-0.05, 0) is 43.8 Å². The van der Waals surface area contributed by atoms with Gasteiger partial charge < -0.3 is 4.90 Å². The first-order valence-corrected chi connectivity index (χ1v) is 12.3. The van der Waals surface area contributed by atoms with Gasteiger partial charge in [-0.25, -0.2) is 0 Å². The summed E-state index contributed by atoms with van der Waals surface area (Å²) in [5, 5.41) is 21.2. The lowest BCUT2D eigenvalue weighted by Gasteiger charge is -2.48. The fourth-order valence-corrected chi connectivity index (χ4v) is 11.4. The Morgan fingerprint density at radius 3 is 2.24 bits per heavy atom. The number of rotatable bonds is 5. The monoisotopic (exact) mass is 373 g/mol. The van der Waals surface area contributed by atoms with E-state index in [1.165, 1.54) is 35.2 Å². The molecule has 1 saturated carbocycles. The van der Waals surface area contributed by atoms with Crippen LogP contribution in [0.5, 0.6) is 0 Å². The van der Waals surface area contributed by atoms with Crippen molar-refractivity contribution in [1.29, 1.82) is 10.5 Å². The topological polar surface area (TPSA) is 50.8 Å². The second kappa shape index (κ2) is 6.98. The molecule has 2 unspecified atom stereocenters. The molecule has 2 aliphatic heterocycles. The first-order valence-electron chi connectivity index (χ1n) is 9.57. The van der Waals surface area contributed by atoms with Gasteiger partial charge in [0.25, 0.3) is 0 Å². The highest BCUT2D eigenvalue weighted by Gasteiger charge is 2.65. The fraction of sp³-hybridized carbons (Fsp3) is 0.700. The number of hydrogen-bond donors (Lipinski definition) is 0. The zero-order valence-electron chi connectivity index (χ0n) is 15.9. The maximum Gasteiger partial charge on any atom is 0.165 e. The Morgan fingerprint density at radius 1 is 1.12 bits per heavy atom. The minimum Gasteiger partial charge on any atom is -0.373 e. The van der Waals surface area contributed by atoms with Crippen molar-refractivity contribution in [1.82, 2.24) is 4.90 Å². The summed E-state index contributed by atoms with van der Waals surface area (Å²) in [6, 6.07) is 5.18. The molecule has 5 heteroatoms. The first-order chi connectivity index (χ1) is 12.0. The third-order valence-electron chi connectivity index (χ3n) is 6.13. The number of nitriles is 2. The van der Waals surface area contributed by atoms with E-state index in [0.29, 0.717) is 0 Å². The van der Waals surface area contributed by atoms with E-state index in [-0.39, 0.29) is 5.41 Å². The van der Waals surface area contributed by atoms with Gasteiger partial charge >= 0.3 is 0 Å². The average Bonchev–Trinajstić information content (AvgIpc) is 2.91. The highest BCUT2D eigenvalue weighted by atomic mass is 32.7. The third kappa shape index (κ3) is 2.49. The normalized spacial score (nSPS) is 30.4. The molecule has 0 N–H and O–H groups in total. The SMILES string of the molecule is CCC1=C(N(CC)CC)C2(C#N)C(C#N)=C(C3(C)CCCCC3)SP12. The van der Waals surface area contributed by atoms with E-state index in [9.17, 15) is 10.5 Å². The van der Waals surface area contributed by atoms with E-state index in [4.69, 9.17) is 0 Å². The molecule has 0 radical (unpaired) electrons. The summed E-state index contributed by atoms with van der Waals surface area (Å²) in [4.78, 5) is 3.58. The summed E-state index contributed by atoms with van der Waals surface area (Å²) >= 11 is 1.91. The number of allylic oxidation sites excluding steroid dienone is 3. The van der Waals surface area contributed by atoms with Gasteiger partial charge in [0.1, 0.15) is 0 Å². The largest absolute Gasteiger partial charge is 0.373 e.